The van der Waals surface area contributed by atoms with Crippen molar-refractivity contribution in [2.45, 2.75) is 13.5 Å². The summed E-state index contributed by atoms with van der Waals surface area (Å²) in [6.07, 6.45) is 0. The minimum atomic E-state index is -0.856. The summed E-state index contributed by atoms with van der Waals surface area (Å²) in [4.78, 5) is 21.8. The van der Waals surface area contributed by atoms with Crippen molar-refractivity contribution in [3.8, 4) is 22.8 Å². The number of hydrogen-bond donors (Lipinski definition) is 0. The van der Waals surface area contributed by atoms with Crippen LogP contribution in [-0.4, -0.2) is 58.8 Å². The van der Waals surface area contributed by atoms with Crippen LogP contribution in [0.5, 0.6) is 11.5 Å². The van der Waals surface area contributed by atoms with Gasteiger partial charge in [0.15, 0.2) is 23.1 Å². The van der Waals surface area contributed by atoms with E-state index in [1.165, 1.54) is 6.07 Å². The van der Waals surface area contributed by atoms with Crippen LogP contribution in [0.3, 0.4) is 0 Å². The van der Waals surface area contributed by atoms with E-state index in [4.69, 9.17) is 14.0 Å². The lowest BCUT2D eigenvalue weighted by molar-refractivity contribution is 0.0628. The smallest absolute Gasteiger partial charge is 0.259 e. The standard InChI is InChI=1S/C26H22F2N4O4/c1-15-11-18(22-24(30-36-25(22)29-15)16-5-6-20-21(12-16)35-14-34-20)26(33)32-9-7-31(8-10-32)13-17-3-2-4-19(27)23(17)28/h2-6,11-12H,7-10,13-14H2,1H3. The van der Waals surface area contributed by atoms with E-state index < -0.39 is 11.6 Å². The van der Waals surface area contributed by atoms with Gasteiger partial charge < -0.3 is 18.9 Å². The average molecular weight is 492 g/mol. The molecule has 1 fully saturated rings. The SMILES string of the molecule is Cc1cc(C(=O)N2CCN(Cc3cccc(F)c3F)CC2)c2c(-c3ccc4c(c3)OCO4)noc2n1. The van der Waals surface area contributed by atoms with Crippen LogP contribution in [0, 0.1) is 18.6 Å². The number of benzene rings is 2. The molecule has 6 rings (SSSR count). The number of piperazine rings is 1. The van der Waals surface area contributed by atoms with E-state index in [0.29, 0.717) is 65.6 Å². The van der Waals surface area contributed by atoms with Gasteiger partial charge in [0, 0.05) is 49.5 Å². The summed E-state index contributed by atoms with van der Waals surface area (Å²) in [6.45, 7) is 4.20. The highest BCUT2D eigenvalue weighted by Gasteiger charge is 2.28. The summed E-state index contributed by atoms with van der Waals surface area (Å²) >= 11 is 0. The fourth-order valence-electron chi connectivity index (χ4n) is 4.67. The number of aromatic nitrogens is 2. The minimum Gasteiger partial charge on any atom is -0.454 e. The number of pyridine rings is 1. The van der Waals surface area contributed by atoms with Gasteiger partial charge in [0.1, 0.15) is 5.69 Å². The third-order valence-corrected chi connectivity index (χ3v) is 6.54. The maximum absolute atomic E-state index is 14.1. The van der Waals surface area contributed by atoms with Crippen molar-refractivity contribution < 1.29 is 27.6 Å². The maximum Gasteiger partial charge on any atom is 0.259 e. The molecule has 2 aromatic carbocycles. The molecule has 10 heteroatoms. The van der Waals surface area contributed by atoms with Gasteiger partial charge in [-0.15, -0.1) is 0 Å². The zero-order valence-electron chi connectivity index (χ0n) is 19.5. The Balaban J connectivity index is 1.25. The lowest BCUT2D eigenvalue weighted by Crippen LogP contribution is -2.48. The van der Waals surface area contributed by atoms with E-state index >= 15 is 0 Å². The van der Waals surface area contributed by atoms with Crippen molar-refractivity contribution in [3.05, 3.63) is 70.9 Å². The molecule has 1 amide bonds. The lowest BCUT2D eigenvalue weighted by atomic mass is 10.0. The molecule has 0 N–H and O–H groups in total. The summed E-state index contributed by atoms with van der Waals surface area (Å²) in [5.74, 6) is -0.595. The van der Waals surface area contributed by atoms with Gasteiger partial charge in [0.05, 0.1) is 10.9 Å². The number of ether oxygens (including phenoxy) is 2. The fraction of sp³-hybridized carbons (Fsp3) is 0.269. The van der Waals surface area contributed by atoms with Crippen molar-refractivity contribution in [2.75, 3.05) is 33.0 Å². The Hall–Kier alpha value is -4.05. The first-order valence-corrected chi connectivity index (χ1v) is 11.6. The number of carbonyl (C=O) groups excluding carboxylic acids is 1. The van der Waals surface area contributed by atoms with Gasteiger partial charge in [-0.25, -0.2) is 13.8 Å². The minimum absolute atomic E-state index is 0.153. The first kappa shape index (κ1) is 22.4. The van der Waals surface area contributed by atoms with Gasteiger partial charge in [-0.3, -0.25) is 9.69 Å². The van der Waals surface area contributed by atoms with Crippen LogP contribution in [0.25, 0.3) is 22.4 Å². The van der Waals surface area contributed by atoms with Crippen molar-refractivity contribution in [2.24, 2.45) is 0 Å². The molecule has 0 aliphatic carbocycles. The van der Waals surface area contributed by atoms with Gasteiger partial charge in [0.25, 0.3) is 11.6 Å². The number of amides is 1. The molecule has 2 aromatic heterocycles. The predicted octanol–water partition coefficient (Wildman–Crippen LogP) is 4.16. The van der Waals surface area contributed by atoms with Crippen LogP contribution < -0.4 is 9.47 Å². The van der Waals surface area contributed by atoms with Crippen molar-refractivity contribution in [1.82, 2.24) is 19.9 Å². The number of carbonyl (C=O) groups is 1. The van der Waals surface area contributed by atoms with E-state index in [0.717, 1.165) is 11.6 Å². The maximum atomic E-state index is 14.1. The van der Waals surface area contributed by atoms with Gasteiger partial charge >= 0.3 is 0 Å². The van der Waals surface area contributed by atoms with Gasteiger partial charge in [-0.05, 0) is 37.3 Å². The molecule has 4 heterocycles. The normalized spacial score (nSPS) is 15.6. The molecule has 0 saturated carbocycles. The van der Waals surface area contributed by atoms with Crippen LogP contribution in [0.1, 0.15) is 21.6 Å². The predicted molar refractivity (Wildman–Crippen MR) is 126 cm³/mol. The topological polar surface area (TPSA) is 80.9 Å². The second-order valence-electron chi connectivity index (χ2n) is 8.87. The summed E-state index contributed by atoms with van der Waals surface area (Å²) in [6, 6.07) is 11.4. The number of nitrogens with zero attached hydrogens (tertiary/aromatic N) is 4. The highest BCUT2D eigenvalue weighted by molar-refractivity contribution is 6.09. The number of halogens is 2. The van der Waals surface area contributed by atoms with Crippen molar-refractivity contribution >= 4 is 17.0 Å². The molecule has 1 saturated heterocycles. The lowest BCUT2D eigenvalue weighted by Gasteiger charge is -2.35. The van der Waals surface area contributed by atoms with E-state index in [1.807, 2.05) is 11.0 Å². The number of rotatable bonds is 4. The Morgan fingerprint density at radius 1 is 1.03 bits per heavy atom. The van der Waals surface area contributed by atoms with Crippen LogP contribution in [0.2, 0.25) is 0 Å². The zero-order chi connectivity index (χ0) is 24.8. The summed E-state index contributed by atoms with van der Waals surface area (Å²) in [7, 11) is 0. The van der Waals surface area contributed by atoms with Crippen LogP contribution in [0.4, 0.5) is 8.78 Å². The van der Waals surface area contributed by atoms with Crippen LogP contribution in [0.15, 0.2) is 47.0 Å². The molecule has 0 radical (unpaired) electrons. The van der Waals surface area contributed by atoms with Crippen LogP contribution in [-0.2, 0) is 6.54 Å². The molecule has 0 unspecified atom stereocenters. The Morgan fingerprint density at radius 3 is 2.67 bits per heavy atom. The van der Waals surface area contributed by atoms with E-state index in [-0.39, 0.29) is 25.0 Å². The monoisotopic (exact) mass is 492 g/mol. The van der Waals surface area contributed by atoms with Crippen molar-refractivity contribution in [1.29, 1.82) is 0 Å². The highest BCUT2D eigenvalue weighted by atomic mass is 19.2. The number of aryl methyl sites for hydroxylation is 1. The van der Waals surface area contributed by atoms with E-state index in [9.17, 15) is 13.6 Å². The third kappa shape index (κ3) is 3.93. The average Bonchev–Trinajstić information content (AvgIpc) is 3.53. The number of hydrogen-bond acceptors (Lipinski definition) is 7. The zero-order valence-corrected chi connectivity index (χ0v) is 19.5. The van der Waals surface area contributed by atoms with Gasteiger partial charge in [0.2, 0.25) is 6.79 Å². The molecule has 0 spiro atoms. The molecule has 184 valence electrons. The Bertz CT molecular complexity index is 1480. The number of fused-ring (bicyclic) bond motifs is 2. The second-order valence-corrected chi connectivity index (χ2v) is 8.87. The molecule has 4 aromatic rings. The van der Waals surface area contributed by atoms with Crippen molar-refractivity contribution in [3.63, 3.8) is 0 Å². The quantitative estimate of drug-likeness (QED) is 0.423. The molecular weight excluding hydrogens is 470 g/mol. The highest BCUT2D eigenvalue weighted by Crippen LogP contribution is 2.38. The van der Waals surface area contributed by atoms with Crippen LogP contribution >= 0.6 is 0 Å². The Kier molecular flexibility index (Phi) is 5.52. The summed E-state index contributed by atoms with van der Waals surface area (Å²) in [5.41, 5.74) is 2.90. The molecule has 2 aliphatic heterocycles. The summed E-state index contributed by atoms with van der Waals surface area (Å²) in [5, 5.41) is 4.75. The molecule has 2 aliphatic rings. The first-order chi connectivity index (χ1) is 17.5. The second kappa shape index (κ2) is 8.87. The summed E-state index contributed by atoms with van der Waals surface area (Å²) < 4.78 is 44.0. The fourth-order valence-corrected chi connectivity index (χ4v) is 4.67. The van der Waals surface area contributed by atoms with E-state index in [2.05, 4.69) is 10.1 Å². The Labute approximate surface area is 205 Å². The molecule has 8 nitrogen and oxygen atoms in total. The van der Waals surface area contributed by atoms with Gasteiger partial charge in [-0.2, -0.15) is 0 Å². The first-order valence-electron chi connectivity index (χ1n) is 11.6. The Morgan fingerprint density at radius 2 is 1.83 bits per heavy atom. The van der Waals surface area contributed by atoms with Gasteiger partial charge in [-0.1, -0.05) is 17.3 Å². The van der Waals surface area contributed by atoms with E-state index in [1.54, 1.807) is 36.1 Å². The largest absolute Gasteiger partial charge is 0.454 e. The molecule has 0 bridgehead atoms. The molecule has 0 atom stereocenters. The third-order valence-electron chi connectivity index (χ3n) is 6.54. The molecule has 36 heavy (non-hydrogen) atoms. The molecular formula is C26H22F2N4O4.